The van der Waals surface area contributed by atoms with Crippen LogP contribution >= 0.6 is 0 Å². The topological polar surface area (TPSA) is 88.2 Å². The molecular formula is C26H40N4O4. The largest absolute Gasteiger partial charge is 0.455 e. The first kappa shape index (κ1) is 26.0. The van der Waals surface area contributed by atoms with E-state index in [0.717, 1.165) is 22.5 Å². The molecule has 0 saturated heterocycles. The molecule has 2 heterocycles. The van der Waals surface area contributed by atoms with E-state index in [-0.39, 0.29) is 12.1 Å². The Balaban J connectivity index is 2.21. The summed E-state index contributed by atoms with van der Waals surface area (Å²) < 4.78 is 15.4. The maximum absolute atomic E-state index is 13.5. The number of fused-ring (bicyclic) bond motifs is 2. The number of hydrogen-bond donors (Lipinski definition) is 0. The fraction of sp³-hybridized carbons (Fsp3) is 0.692. The normalized spacial score (nSPS) is 14.5. The van der Waals surface area contributed by atoms with E-state index in [9.17, 15) is 9.59 Å². The van der Waals surface area contributed by atoms with Gasteiger partial charge in [-0.2, -0.15) is 0 Å². The van der Waals surface area contributed by atoms with Crippen molar-refractivity contribution in [1.82, 2.24) is 19.6 Å². The van der Waals surface area contributed by atoms with Gasteiger partial charge in [0.25, 0.3) is 0 Å². The summed E-state index contributed by atoms with van der Waals surface area (Å²) in [4.78, 5) is 27.0. The quantitative estimate of drug-likeness (QED) is 0.580. The zero-order valence-corrected chi connectivity index (χ0v) is 22.4. The molecule has 188 valence electrons. The summed E-state index contributed by atoms with van der Waals surface area (Å²) in [6.07, 6.45) is 2.48. The minimum Gasteiger partial charge on any atom is -0.455 e. The Kier molecular flexibility index (Phi) is 7.02. The second-order valence-electron chi connectivity index (χ2n) is 11.6. The maximum Gasteiger partial charge on any atom is 0.355 e. The molecule has 0 unspecified atom stereocenters. The molecule has 0 radical (unpaired) electrons. The summed E-state index contributed by atoms with van der Waals surface area (Å²) in [5.74, 6) is -0.831. The van der Waals surface area contributed by atoms with E-state index in [2.05, 4.69) is 24.2 Å². The highest BCUT2D eigenvalue weighted by atomic mass is 16.6. The van der Waals surface area contributed by atoms with Gasteiger partial charge in [-0.1, -0.05) is 5.21 Å². The zero-order chi connectivity index (χ0) is 25.6. The average Bonchev–Trinajstić information content (AvgIpc) is 3.17. The first-order valence-corrected chi connectivity index (χ1v) is 12.3. The second-order valence-corrected chi connectivity index (χ2v) is 11.6. The molecule has 0 spiro atoms. The predicted molar refractivity (Wildman–Crippen MR) is 130 cm³/mol. The number of hydrogen-bond acceptors (Lipinski definition) is 6. The van der Waals surface area contributed by atoms with Crippen LogP contribution in [0, 0.1) is 0 Å². The number of nitrogens with zero attached hydrogens (tertiary/aromatic N) is 4. The molecule has 34 heavy (non-hydrogen) atoms. The standard InChI is InChI=1S/C26H40N4O4/c1-15(2)29-21(23(31)33-25(5,6)7)17-11-13-19-20(30(16(3)4)28-27-19)14-12-18(17)22(29)24(32)34-26(8,9)10/h15-16H,11-14H2,1-10H3. The van der Waals surface area contributed by atoms with Crippen LogP contribution in [-0.4, -0.2) is 42.7 Å². The van der Waals surface area contributed by atoms with Gasteiger partial charge >= 0.3 is 11.9 Å². The minimum atomic E-state index is -0.656. The summed E-state index contributed by atoms with van der Waals surface area (Å²) in [5, 5.41) is 8.80. The summed E-state index contributed by atoms with van der Waals surface area (Å²) in [5.41, 5.74) is 3.35. The molecule has 0 saturated carbocycles. The number of rotatable bonds is 4. The highest BCUT2D eigenvalue weighted by Crippen LogP contribution is 2.34. The number of aromatic nitrogens is 4. The molecule has 0 aliphatic heterocycles. The van der Waals surface area contributed by atoms with Crippen LogP contribution in [0.3, 0.4) is 0 Å². The summed E-state index contributed by atoms with van der Waals surface area (Å²) in [6.45, 7) is 19.2. The van der Waals surface area contributed by atoms with E-state index in [1.807, 2.05) is 64.6 Å². The molecule has 0 bridgehead atoms. The summed E-state index contributed by atoms with van der Waals surface area (Å²) >= 11 is 0. The Morgan fingerprint density at radius 1 is 0.765 bits per heavy atom. The van der Waals surface area contributed by atoms with Crippen molar-refractivity contribution in [3.63, 3.8) is 0 Å². The molecule has 3 rings (SSSR count). The zero-order valence-electron chi connectivity index (χ0n) is 22.4. The molecule has 8 nitrogen and oxygen atoms in total. The van der Waals surface area contributed by atoms with Crippen LogP contribution < -0.4 is 0 Å². The summed E-state index contributed by atoms with van der Waals surface area (Å²) in [7, 11) is 0. The Morgan fingerprint density at radius 3 is 1.65 bits per heavy atom. The lowest BCUT2D eigenvalue weighted by Gasteiger charge is -2.24. The van der Waals surface area contributed by atoms with Gasteiger partial charge in [-0.25, -0.2) is 14.3 Å². The van der Waals surface area contributed by atoms with Crippen LogP contribution in [0.15, 0.2) is 0 Å². The van der Waals surface area contributed by atoms with Gasteiger partial charge in [-0.05, 0) is 106 Å². The minimum absolute atomic E-state index is 0.134. The fourth-order valence-corrected chi connectivity index (χ4v) is 4.54. The molecule has 0 fully saturated rings. The maximum atomic E-state index is 13.5. The van der Waals surface area contributed by atoms with E-state index in [1.54, 1.807) is 0 Å². The second kappa shape index (κ2) is 9.19. The van der Waals surface area contributed by atoms with Gasteiger partial charge in [0, 0.05) is 12.1 Å². The first-order valence-electron chi connectivity index (χ1n) is 12.3. The Morgan fingerprint density at radius 2 is 1.24 bits per heavy atom. The summed E-state index contributed by atoms with van der Waals surface area (Å²) in [6, 6.07) is 0.0583. The number of esters is 2. The van der Waals surface area contributed by atoms with Crippen LogP contribution in [-0.2, 0) is 35.2 Å². The van der Waals surface area contributed by atoms with Gasteiger partial charge < -0.3 is 14.0 Å². The van der Waals surface area contributed by atoms with Crippen molar-refractivity contribution >= 4 is 11.9 Å². The van der Waals surface area contributed by atoms with Crippen LogP contribution in [0.1, 0.15) is 125 Å². The van der Waals surface area contributed by atoms with Gasteiger partial charge in [0.1, 0.15) is 22.6 Å². The van der Waals surface area contributed by atoms with Crippen molar-refractivity contribution in [2.75, 3.05) is 0 Å². The molecule has 1 aliphatic carbocycles. The number of carbonyl (C=O) groups excluding carboxylic acids is 2. The van der Waals surface area contributed by atoms with E-state index in [1.165, 1.54) is 0 Å². The Labute approximate surface area is 203 Å². The molecule has 0 amide bonds. The smallest absolute Gasteiger partial charge is 0.355 e. The number of carbonyl (C=O) groups is 2. The van der Waals surface area contributed by atoms with Gasteiger partial charge in [0.2, 0.25) is 0 Å². The average molecular weight is 473 g/mol. The molecule has 8 heteroatoms. The highest BCUT2D eigenvalue weighted by Gasteiger charge is 2.36. The molecule has 0 N–H and O–H groups in total. The van der Waals surface area contributed by atoms with Crippen LogP contribution in [0.5, 0.6) is 0 Å². The van der Waals surface area contributed by atoms with Crippen molar-refractivity contribution in [2.45, 2.75) is 118 Å². The van der Waals surface area contributed by atoms with Gasteiger partial charge in [-0.15, -0.1) is 5.10 Å². The predicted octanol–water partition coefficient (Wildman–Crippen LogP) is 5.04. The van der Waals surface area contributed by atoms with E-state index >= 15 is 0 Å². The molecule has 0 atom stereocenters. The number of aryl methyl sites for hydroxylation is 1. The van der Waals surface area contributed by atoms with E-state index in [4.69, 9.17) is 9.47 Å². The van der Waals surface area contributed by atoms with Crippen molar-refractivity contribution < 1.29 is 19.1 Å². The van der Waals surface area contributed by atoms with Crippen LogP contribution in [0.25, 0.3) is 0 Å². The third-order valence-corrected chi connectivity index (χ3v) is 5.70. The van der Waals surface area contributed by atoms with Crippen LogP contribution in [0.4, 0.5) is 0 Å². The SMILES string of the molecule is CC(C)n1nnc2c1CCc1c(c(C(=O)OC(C)(C)C)n(C(C)C)c1C(=O)OC(C)(C)C)CC2. The van der Waals surface area contributed by atoms with Crippen LogP contribution in [0.2, 0.25) is 0 Å². The van der Waals surface area contributed by atoms with Crippen molar-refractivity contribution in [3.05, 3.63) is 33.9 Å². The molecule has 2 aromatic heterocycles. The number of ether oxygens (including phenoxy) is 2. The third kappa shape index (κ3) is 5.36. The molecule has 0 aromatic carbocycles. The van der Waals surface area contributed by atoms with E-state index in [0.29, 0.717) is 37.1 Å². The molecule has 1 aliphatic rings. The van der Waals surface area contributed by atoms with E-state index < -0.39 is 23.1 Å². The Hall–Kier alpha value is -2.64. The lowest BCUT2D eigenvalue weighted by Crippen LogP contribution is -2.29. The molecule has 2 aromatic rings. The van der Waals surface area contributed by atoms with Crippen molar-refractivity contribution in [3.8, 4) is 0 Å². The first-order chi connectivity index (χ1) is 15.6. The molecular weight excluding hydrogens is 432 g/mol. The van der Waals surface area contributed by atoms with Gasteiger partial charge in [-0.3, -0.25) is 0 Å². The van der Waals surface area contributed by atoms with Gasteiger partial charge in [0.15, 0.2) is 0 Å². The van der Waals surface area contributed by atoms with Gasteiger partial charge in [0.05, 0.1) is 11.4 Å². The third-order valence-electron chi connectivity index (χ3n) is 5.70. The fourth-order valence-electron chi connectivity index (χ4n) is 4.54. The highest BCUT2D eigenvalue weighted by molar-refractivity contribution is 5.97. The monoisotopic (exact) mass is 472 g/mol. The lowest BCUT2D eigenvalue weighted by molar-refractivity contribution is 0.00466. The van der Waals surface area contributed by atoms with Crippen molar-refractivity contribution in [2.24, 2.45) is 0 Å². The van der Waals surface area contributed by atoms with Crippen molar-refractivity contribution in [1.29, 1.82) is 0 Å². The Bertz CT molecular complexity index is 1080. The lowest BCUT2D eigenvalue weighted by atomic mass is 9.93.